The summed E-state index contributed by atoms with van der Waals surface area (Å²) in [4.78, 5) is 16.7. The van der Waals surface area contributed by atoms with E-state index in [0.29, 0.717) is 16.7 Å². The van der Waals surface area contributed by atoms with Crippen molar-refractivity contribution in [3.63, 3.8) is 0 Å². The van der Waals surface area contributed by atoms with Crippen LogP contribution in [0.4, 0.5) is 0 Å². The lowest BCUT2D eigenvalue weighted by Crippen LogP contribution is -2.11. The van der Waals surface area contributed by atoms with E-state index in [1.807, 2.05) is 89.5 Å². The van der Waals surface area contributed by atoms with Crippen LogP contribution < -0.4 is 4.74 Å². The lowest BCUT2D eigenvalue weighted by molar-refractivity contribution is -0.131. The van der Waals surface area contributed by atoms with Crippen molar-refractivity contribution in [2.24, 2.45) is 0 Å². The second kappa shape index (κ2) is 10.1. The smallest absolute Gasteiger partial charge is 0.321 e. The third-order valence-electron chi connectivity index (χ3n) is 5.08. The first-order chi connectivity index (χ1) is 16.8. The second-order valence-electron chi connectivity index (χ2n) is 7.37. The van der Waals surface area contributed by atoms with Gasteiger partial charge < -0.3 is 4.74 Å². The van der Waals surface area contributed by atoms with Gasteiger partial charge in [0, 0.05) is 23.6 Å². The van der Waals surface area contributed by atoms with Crippen LogP contribution in [0.15, 0.2) is 115 Å². The molecule has 0 bridgehead atoms. The molecule has 0 fully saturated rings. The highest BCUT2D eigenvalue weighted by atomic mass is 32.2. The zero-order chi connectivity index (χ0) is 23.2. The number of carbonyl (C=O) groups is 1. The van der Waals surface area contributed by atoms with Gasteiger partial charge in [-0.05, 0) is 47.5 Å². The number of hydrogen-bond donors (Lipinski definition) is 0. The Morgan fingerprint density at radius 1 is 0.765 bits per heavy atom. The van der Waals surface area contributed by atoms with Gasteiger partial charge in [0.25, 0.3) is 0 Å². The van der Waals surface area contributed by atoms with E-state index >= 15 is 0 Å². The van der Waals surface area contributed by atoms with Crippen LogP contribution in [0.1, 0.15) is 0 Å². The highest BCUT2D eigenvalue weighted by molar-refractivity contribution is 7.99. The van der Waals surface area contributed by atoms with Crippen molar-refractivity contribution < 1.29 is 9.53 Å². The molecular weight excluding hydrogens is 444 g/mol. The fourth-order valence-electron chi connectivity index (χ4n) is 3.49. The summed E-state index contributed by atoms with van der Waals surface area (Å²) in [5.41, 5.74) is 3.92. The third-order valence-corrected chi connectivity index (χ3v) is 5.98. The van der Waals surface area contributed by atoms with Crippen LogP contribution in [-0.4, -0.2) is 31.5 Å². The maximum Gasteiger partial charge on any atom is 0.321 e. The number of esters is 1. The highest BCUT2D eigenvalue weighted by Gasteiger charge is 2.18. The zero-order valence-corrected chi connectivity index (χ0v) is 18.9. The topological polar surface area (TPSA) is 69.9 Å². The Morgan fingerprint density at radius 2 is 1.44 bits per heavy atom. The summed E-state index contributed by atoms with van der Waals surface area (Å²) in [6.45, 7) is 0. The quantitative estimate of drug-likeness (QED) is 0.175. The lowest BCUT2D eigenvalue weighted by atomic mass is 10.1. The number of thioether (sulfide) groups is 1. The van der Waals surface area contributed by atoms with Gasteiger partial charge in [0.15, 0.2) is 11.0 Å². The number of rotatable bonds is 7. The van der Waals surface area contributed by atoms with Gasteiger partial charge in [-0.15, -0.1) is 10.2 Å². The van der Waals surface area contributed by atoms with E-state index in [-0.39, 0.29) is 11.7 Å². The van der Waals surface area contributed by atoms with E-state index in [4.69, 9.17) is 4.74 Å². The molecular formula is C27H20N4O2S. The molecule has 6 nitrogen and oxygen atoms in total. The fraction of sp³-hybridized carbons (Fsp3) is 0.0370. The Bertz CT molecular complexity index is 1370. The minimum absolute atomic E-state index is 0.0957. The lowest BCUT2D eigenvalue weighted by Gasteiger charge is -2.10. The summed E-state index contributed by atoms with van der Waals surface area (Å²) in [6.07, 6.45) is 3.45. The molecule has 0 aliphatic carbocycles. The van der Waals surface area contributed by atoms with Gasteiger partial charge in [-0.1, -0.05) is 72.4 Å². The van der Waals surface area contributed by atoms with Gasteiger partial charge in [-0.25, -0.2) is 0 Å². The van der Waals surface area contributed by atoms with Crippen molar-refractivity contribution >= 4 is 17.7 Å². The molecule has 0 spiro atoms. The minimum atomic E-state index is -0.358. The Kier molecular flexibility index (Phi) is 6.45. The fourth-order valence-corrected chi connectivity index (χ4v) is 4.21. The first-order valence-corrected chi connectivity index (χ1v) is 11.7. The first kappa shape index (κ1) is 21.6. The number of nitrogens with zero attached hydrogens (tertiary/aromatic N) is 4. The summed E-state index contributed by atoms with van der Waals surface area (Å²) in [7, 11) is 0. The molecule has 7 heteroatoms. The number of pyridine rings is 1. The Morgan fingerprint density at radius 3 is 2.15 bits per heavy atom. The van der Waals surface area contributed by atoms with E-state index in [9.17, 15) is 4.79 Å². The number of hydrogen-bond acceptors (Lipinski definition) is 6. The Balaban J connectivity index is 1.30. The van der Waals surface area contributed by atoms with Gasteiger partial charge in [0.05, 0.1) is 5.75 Å². The van der Waals surface area contributed by atoms with Crippen molar-refractivity contribution in [1.29, 1.82) is 0 Å². The van der Waals surface area contributed by atoms with Crippen molar-refractivity contribution in [1.82, 2.24) is 19.7 Å². The molecule has 34 heavy (non-hydrogen) atoms. The summed E-state index contributed by atoms with van der Waals surface area (Å²) in [6, 6.07) is 31.1. The largest absolute Gasteiger partial charge is 0.426 e. The minimum Gasteiger partial charge on any atom is -0.426 e. The Hall–Kier alpha value is -4.23. The Labute approximate surface area is 201 Å². The second-order valence-corrected chi connectivity index (χ2v) is 8.31. The molecule has 0 N–H and O–H groups in total. The molecule has 5 aromatic rings. The number of carbonyl (C=O) groups excluding carboxylic acids is 1. The summed E-state index contributed by atoms with van der Waals surface area (Å²) in [5.74, 6) is 0.902. The van der Waals surface area contributed by atoms with E-state index in [2.05, 4.69) is 15.2 Å². The first-order valence-electron chi connectivity index (χ1n) is 10.7. The molecule has 2 aromatic heterocycles. The molecule has 5 rings (SSSR count). The molecule has 0 saturated carbocycles. The maximum atomic E-state index is 12.6. The molecule has 0 saturated heterocycles. The van der Waals surface area contributed by atoms with E-state index in [0.717, 1.165) is 22.4 Å². The normalized spacial score (nSPS) is 10.7. The van der Waals surface area contributed by atoms with Gasteiger partial charge in [-0.2, -0.15) is 0 Å². The molecule has 3 aromatic carbocycles. The molecule has 0 aliphatic heterocycles. The average Bonchev–Trinajstić information content (AvgIpc) is 3.33. The van der Waals surface area contributed by atoms with Crippen molar-refractivity contribution in [3.05, 3.63) is 109 Å². The molecule has 166 valence electrons. The van der Waals surface area contributed by atoms with Crippen LogP contribution >= 0.6 is 11.8 Å². The van der Waals surface area contributed by atoms with Gasteiger partial charge in [-0.3, -0.25) is 14.3 Å². The third kappa shape index (κ3) is 4.89. The summed E-state index contributed by atoms with van der Waals surface area (Å²) in [5, 5.41) is 9.30. The van der Waals surface area contributed by atoms with Crippen LogP contribution in [0.2, 0.25) is 0 Å². The number of ether oxygens (including phenoxy) is 1. The van der Waals surface area contributed by atoms with Crippen LogP contribution in [0.3, 0.4) is 0 Å². The SMILES string of the molecule is O=C(CSc1nnc(-c2cccnc2)n1-c1ccccc1)Oc1ccc(-c2ccccc2)cc1. The van der Waals surface area contributed by atoms with Gasteiger partial charge in [0.2, 0.25) is 0 Å². The van der Waals surface area contributed by atoms with Crippen molar-refractivity contribution in [2.45, 2.75) is 5.16 Å². The molecule has 0 aliphatic rings. The van der Waals surface area contributed by atoms with Crippen LogP contribution in [-0.2, 0) is 4.79 Å². The summed E-state index contributed by atoms with van der Waals surface area (Å²) < 4.78 is 7.46. The van der Waals surface area contributed by atoms with E-state index < -0.39 is 0 Å². The predicted molar refractivity (Wildman–Crippen MR) is 133 cm³/mol. The monoisotopic (exact) mass is 464 g/mol. The molecule has 0 amide bonds. The molecule has 0 atom stereocenters. The van der Waals surface area contributed by atoms with Crippen molar-refractivity contribution in [2.75, 3.05) is 5.75 Å². The van der Waals surface area contributed by atoms with Crippen LogP contribution in [0.25, 0.3) is 28.2 Å². The highest BCUT2D eigenvalue weighted by Crippen LogP contribution is 2.28. The van der Waals surface area contributed by atoms with E-state index in [1.165, 1.54) is 11.8 Å². The molecule has 2 heterocycles. The number of benzene rings is 3. The van der Waals surface area contributed by atoms with Gasteiger partial charge >= 0.3 is 5.97 Å². The molecule has 0 unspecified atom stereocenters. The standard InChI is InChI=1S/C27H20N4O2S/c32-25(33-24-15-13-21(14-16-24)20-8-3-1-4-9-20)19-34-27-30-29-26(22-10-7-17-28-18-22)31(27)23-11-5-2-6-12-23/h1-18H,19H2. The number of aromatic nitrogens is 4. The van der Waals surface area contributed by atoms with Crippen LogP contribution in [0.5, 0.6) is 5.75 Å². The average molecular weight is 465 g/mol. The predicted octanol–water partition coefficient (Wildman–Crippen LogP) is 5.69. The number of para-hydroxylation sites is 1. The van der Waals surface area contributed by atoms with Crippen molar-refractivity contribution in [3.8, 4) is 34.0 Å². The molecule has 0 radical (unpaired) electrons. The maximum absolute atomic E-state index is 12.6. The van der Waals surface area contributed by atoms with Crippen LogP contribution in [0, 0.1) is 0 Å². The zero-order valence-electron chi connectivity index (χ0n) is 18.1. The van der Waals surface area contributed by atoms with Gasteiger partial charge in [0.1, 0.15) is 5.75 Å². The van der Waals surface area contributed by atoms with E-state index in [1.54, 1.807) is 24.5 Å². The summed E-state index contributed by atoms with van der Waals surface area (Å²) >= 11 is 1.28.